The highest BCUT2D eigenvalue weighted by atomic mass is 35.5. The van der Waals surface area contributed by atoms with Crippen LogP contribution in [0.1, 0.15) is 12.0 Å². The maximum atomic E-state index is 14.3. The Morgan fingerprint density at radius 2 is 2.00 bits per heavy atom. The normalized spacial score (nSPS) is 17.7. The van der Waals surface area contributed by atoms with Gasteiger partial charge in [-0.3, -0.25) is 19.4 Å². The largest absolute Gasteiger partial charge is 0.350 e. The van der Waals surface area contributed by atoms with Gasteiger partial charge < -0.3 is 19.8 Å². The predicted molar refractivity (Wildman–Crippen MR) is 127 cm³/mol. The minimum Gasteiger partial charge on any atom is -0.350 e. The van der Waals surface area contributed by atoms with Gasteiger partial charge in [-0.15, -0.1) is 0 Å². The summed E-state index contributed by atoms with van der Waals surface area (Å²) in [6, 6.07) is 4.91. The molecule has 1 saturated heterocycles. The van der Waals surface area contributed by atoms with E-state index in [2.05, 4.69) is 20.3 Å². The molecule has 1 aromatic carbocycles. The van der Waals surface area contributed by atoms with E-state index in [1.54, 1.807) is 18.3 Å². The number of hydrogen-bond donors (Lipinski definition) is 3. The highest BCUT2D eigenvalue weighted by molar-refractivity contribution is 6.30. The number of benzene rings is 1. The average molecular weight is 517 g/mol. The van der Waals surface area contributed by atoms with E-state index < -0.39 is 41.1 Å². The fourth-order valence-electron chi connectivity index (χ4n) is 4.42. The number of alkyl halides is 1. The van der Waals surface area contributed by atoms with Crippen molar-refractivity contribution in [2.24, 2.45) is 0 Å². The molecule has 5 rings (SSSR count). The lowest BCUT2D eigenvalue weighted by Crippen LogP contribution is -2.46. The number of nitrogens with zero attached hydrogens (tertiary/aromatic N) is 3. The smallest absolute Gasteiger partial charge is 0.326 e. The van der Waals surface area contributed by atoms with Crippen LogP contribution in [0.4, 0.5) is 8.78 Å². The van der Waals surface area contributed by atoms with E-state index in [0.29, 0.717) is 11.0 Å². The third kappa shape index (κ3) is 4.24. The number of aromatic nitrogens is 4. The average Bonchev–Trinajstić information content (AvgIpc) is 3.43. The molecule has 2 atom stereocenters. The van der Waals surface area contributed by atoms with E-state index in [4.69, 9.17) is 11.6 Å². The van der Waals surface area contributed by atoms with Crippen LogP contribution in [-0.4, -0.2) is 55.0 Å². The number of aromatic amines is 2. The van der Waals surface area contributed by atoms with Gasteiger partial charge in [0.25, 0.3) is 5.56 Å². The Hall–Kier alpha value is -4.06. The van der Waals surface area contributed by atoms with Gasteiger partial charge in [-0.1, -0.05) is 23.7 Å². The van der Waals surface area contributed by atoms with Gasteiger partial charge in [0.05, 0.1) is 22.5 Å². The Kier molecular flexibility index (Phi) is 6.04. The number of nitrogens with one attached hydrogen (secondary N) is 3. The first kappa shape index (κ1) is 23.7. The molecule has 4 aromatic rings. The predicted octanol–water partition coefficient (Wildman–Crippen LogP) is 1.61. The Labute approximate surface area is 205 Å². The molecule has 10 nitrogen and oxygen atoms in total. The summed E-state index contributed by atoms with van der Waals surface area (Å²) in [6.07, 6.45) is 1.25. The van der Waals surface area contributed by atoms with Crippen LogP contribution in [0.2, 0.25) is 5.02 Å². The first-order valence-corrected chi connectivity index (χ1v) is 11.3. The first-order valence-electron chi connectivity index (χ1n) is 11.0. The van der Waals surface area contributed by atoms with Crippen LogP contribution < -0.4 is 16.6 Å². The molecule has 186 valence electrons. The molecule has 1 fully saturated rings. The van der Waals surface area contributed by atoms with Gasteiger partial charge in [-0.05, 0) is 12.1 Å². The zero-order chi connectivity index (χ0) is 25.6. The second-order valence-electron chi connectivity index (χ2n) is 8.46. The van der Waals surface area contributed by atoms with Crippen molar-refractivity contribution in [1.82, 2.24) is 29.7 Å². The van der Waals surface area contributed by atoms with E-state index in [9.17, 15) is 28.0 Å². The maximum absolute atomic E-state index is 14.3. The number of pyridine rings is 1. The fraction of sp³-hybridized carbons (Fsp3) is 0.261. The van der Waals surface area contributed by atoms with Crippen LogP contribution in [0, 0.1) is 5.82 Å². The molecular formula is C23H19ClF2N6O4. The summed E-state index contributed by atoms with van der Waals surface area (Å²) in [4.78, 5) is 59.7. The molecular weight excluding hydrogens is 498 g/mol. The number of halogens is 3. The zero-order valence-corrected chi connectivity index (χ0v) is 19.3. The number of hydrogen-bond acceptors (Lipinski definition) is 5. The molecule has 36 heavy (non-hydrogen) atoms. The molecule has 3 N–H and O–H groups in total. The van der Waals surface area contributed by atoms with Crippen molar-refractivity contribution in [2.45, 2.75) is 31.7 Å². The van der Waals surface area contributed by atoms with Gasteiger partial charge in [0, 0.05) is 36.3 Å². The quantitative estimate of drug-likeness (QED) is 0.371. The Balaban J connectivity index is 1.35. The molecule has 0 spiro atoms. The molecule has 0 unspecified atom stereocenters. The summed E-state index contributed by atoms with van der Waals surface area (Å²) in [5.74, 6) is -1.80. The molecule has 0 saturated carbocycles. The third-order valence-electron chi connectivity index (χ3n) is 6.16. The molecule has 1 aliphatic rings. The summed E-state index contributed by atoms with van der Waals surface area (Å²) in [6.45, 7) is -0.688. The van der Waals surface area contributed by atoms with Crippen LogP contribution >= 0.6 is 11.6 Å². The van der Waals surface area contributed by atoms with Gasteiger partial charge >= 0.3 is 5.69 Å². The number of carbonyl (C=O) groups excluding carboxylic acids is 2. The maximum Gasteiger partial charge on any atom is 0.326 e. The Morgan fingerprint density at radius 1 is 1.19 bits per heavy atom. The van der Waals surface area contributed by atoms with Gasteiger partial charge in [0.2, 0.25) is 11.8 Å². The lowest BCUT2D eigenvalue weighted by molar-refractivity contribution is -0.139. The number of carbonyl (C=O) groups is 2. The molecule has 13 heteroatoms. The van der Waals surface area contributed by atoms with Gasteiger partial charge in [-0.25, -0.2) is 18.6 Å². The molecule has 4 heterocycles. The van der Waals surface area contributed by atoms with Crippen LogP contribution in [-0.2, 0) is 22.7 Å². The minimum absolute atomic E-state index is 0.0859. The highest BCUT2D eigenvalue weighted by Crippen LogP contribution is 2.24. The second-order valence-corrected chi connectivity index (χ2v) is 8.87. The third-order valence-corrected chi connectivity index (χ3v) is 6.45. The van der Waals surface area contributed by atoms with Crippen LogP contribution in [0.25, 0.3) is 21.9 Å². The SMILES string of the molecule is O=C(NCc1cccc(Cl)c1F)[C@@H]1C[C@@H](F)CN1C(=O)Cn1ccc2c3[nH]c(=O)[nH]c(=O)c3cnc21. The summed E-state index contributed by atoms with van der Waals surface area (Å²) in [5, 5.41) is 3.09. The Morgan fingerprint density at radius 3 is 2.81 bits per heavy atom. The molecule has 1 aliphatic heterocycles. The van der Waals surface area contributed by atoms with E-state index in [1.807, 2.05) is 0 Å². The summed E-state index contributed by atoms with van der Waals surface area (Å²) in [5.41, 5.74) is -0.510. The molecule has 2 amide bonds. The van der Waals surface area contributed by atoms with Crippen molar-refractivity contribution in [1.29, 1.82) is 0 Å². The van der Waals surface area contributed by atoms with E-state index >= 15 is 0 Å². The Bertz CT molecular complexity index is 1630. The van der Waals surface area contributed by atoms with Gasteiger partial charge in [0.15, 0.2) is 0 Å². The lowest BCUT2D eigenvalue weighted by atomic mass is 10.1. The lowest BCUT2D eigenvalue weighted by Gasteiger charge is -2.24. The number of fused-ring (bicyclic) bond motifs is 3. The van der Waals surface area contributed by atoms with Gasteiger partial charge in [0.1, 0.15) is 30.2 Å². The highest BCUT2D eigenvalue weighted by Gasteiger charge is 2.39. The fourth-order valence-corrected chi connectivity index (χ4v) is 4.61. The minimum atomic E-state index is -1.40. The molecule has 3 aromatic heterocycles. The van der Waals surface area contributed by atoms with Crippen molar-refractivity contribution < 1.29 is 18.4 Å². The summed E-state index contributed by atoms with van der Waals surface area (Å²) >= 11 is 5.76. The van der Waals surface area contributed by atoms with E-state index in [-0.39, 0.29) is 47.5 Å². The van der Waals surface area contributed by atoms with Gasteiger partial charge in [-0.2, -0.15) is 0 Å². The van der Waals surface area contributed by atoms with Crippen molar-refractivity contribution >= 4 is 45.4 Å². The number of H-pyrrole nitrogens is 2. The number of rotatable bonds is 5. The molecule has 0 radical (unpaired) electrons. The van der Waals surface area contributed by atoms with Crippen LogP contribution in [0.15, 0.2) is 46.2 Å². The number of amides is 2. The zero-order valence-electron chi connectivity index (χ0n) is 18.6. The van der Waals surface area contributed by atoms with Crippen LogP contribution in [0.5, 0.6) is 0 Å². The molecule has 0 aliphatic carbocycles. The molecule has 0 bridgehead atoms. The van der Waals surface area contributed by atoms with Crippen molar-refractivity contribution in [3.63, 3.8) is 0 Å². The summed E-state index contributed by atoms with van der Waals surface area (Å²) < 4.78 is 29.9. The first-order chi connectivity index (χ1) is 17.2. The van der Waals surface area contributed by atoms with Crippen LogP contribution in [0.3, 0.4) is 0 Å². The standard InChI is InChI=1S/C23H19ClF2N6O4/c24-15-3-1-2-11(18(15)26)7-28-22(35)16-6-12(25)9-32(16)17(33)10-31-5-4-13-19-14(8-27-20(13)31)21(34)30-23(36)29-19/h1-5,8,12,16H,6-7,9-10H2,(H,28,35)(H2,29,30,34,36)/t12-,16+/m1/s1. The topological polar surface area (TPSA) is 133 Å². The second kappa shape index (κ2) is 9.19. The van der Waals surface area contributed by atoms with Crippen molar-refractivity contribution in [2.75, 3.05) is 6.54 Å². The van der Waals surface area contributed by atoms with E-state index in [1.165, 1.54) is 22.9 Å². The van der Waals surface area contributed by atoms with Crippen molar-refractivity contribution in [3.8, 4) is 0 Å². The van der Waals surface area contributed by atoms with E-state index in [0.717, 1.165) is 4.90 Å². The van der Waals surface area contributed by atoms with Crippen molar-refractivity contribution in [3.05, 3.63) is 73.9 Å². The summed E-state index contributed by atoms with van der Waals surface area (Å²) in [7, 11) is 0. The monoisotopic (exact) mass is 516 g/mol. The number of likely N-dealkylation sites (tertiary alicyclic amines) is 1.